The molecule has 4 rings (SSSR count). The number of nitrogens with zero attached hydrogens (tertiary/aromatic N) is 3. The zero-order valence-corrected chi connectivity index (χ0v) is 15.8. The first-order valence-corrected chi connectivity index (χ1v) is 8.82. The van der Waals surface area contributed by atoms with E-state index in [1.54, 1.807) is 24.1 Å². The molecule has 0 aliphatic carbocycles. The summed E-state index contributed by atoms with van der Waals surface area (Å²) in [6, 6.07) is 14.8. The van der Waals surface area contributed by atoms with Crippen molar-refractivity contribution in [2.75, 3.05) is 7.11 Å². The van der Waals surface area contributed by atoms with Crippen LogP contribution in [0.1, 0.15) is 21.6 Å². The fraction of sp³-hybridized carbons (Fsp3) is 0.136. The average molecular weight is 373 g/mol. The van der Waals surface area contributed by atoms with Crippen LogP contribution in [0.3, 0.4) is 0 Å². The van der Waals surface area contributed by atoms with Crippen LogP contribution in [-0.4, -0.2) is 33.0 Å². The van der Waals surface area contributed by atoms with Crippen molar-refractivity contribution in [2.45, 2.75) is 13.8 Å². The molecule has 0 amide bonds. The lowest BCUT2D eigenvalue weighted by Crippen LogP contribution is -2.02. The summed E-state index contributed by atoms with van der Waals surface area (Å²) in [7, 11) is 1.62. The second-order valence-electron chi connectivity index (χ2n) is 6.63. The van der Waals surface area contributed by atoms with Gasteiger partial charge in [-0.05, 0) is 56.3 Å². The Balaban J connectivity index is 1.85. The Labute approximate surface area is 162 Å². The lowest BCUT2D eigenvalue weighted by molar-refractivity contribution is 0.0699. The lowest BCUT2D eigenvalue weighted by atomic mass is 10.0. The number of pyridine rings is 1. The van der Waals surface area contributed by atoms with E-state index in [0.717, 1.165) is 28.3 Å². The summed E-state index contributed by atoms with van der Waals surface area (Å²) >= 11 is 0. The highest BCUT2D eigenvalue weighted by atomic mass is 16.5. The van der Waals surface area contributed by atoms with Crippen molar-refractivity contribution in [3.05, 3.63) is 71.5 Å². The number of hydrogen-bond donors (Lipinski definition) is 1. The number of ether oxygens (including phenoxy) is 1. The monoisotopic (exact) mass is 373 g/mol. The number of benzene rings is 2. The summed E-state index contributed by atoms with van der Waals surface area (Å²) in [5.74, 6) is -0.203. The number of aromatic nitrogens is 3. The Morgan fingerprint density at radius 1 is 1.07 bits per heavy atom. The molecule has 0 saturated heterocycles. The van der Waals surface area contributed by atoms with Crippen molar-refractivity contribution in [3.63, 3.8) is 0 Å². The summed E-state index contributed by atoms with van der Waals surface area (Å²) in [4.78, 5) is 16.5. The quantitative estimate of drug-likeness (QED) is 0.573. The van der Waals surface area contributed by atoms with Crippen molar-refractivity contribution >= 4 is 16.9 Å². The highest BCUT2D eigenvalue weighted by Gasteiger charge is 2.17. The molecule has 6 nitrogen and oxygen atoms in total. The van der Waals surface area contributed by atoms with E-state index in [1.807, 2.05) is 56.3 Å². The largest absolute Gasteiger partial charge is 0.497 e. The van der Waals surface area contributed by atoms with Gasteiger partial charge in [0, 0.05) is 10.9 Å². The molecule has 2 aromatic heterocycles. The molecular weight excluding hydrogens is 354 g/mol. The van der Waals surface area contributed by atoms with Gasteiger partial charge in [-0.2, -0.15) is 5.10 Å². The molecular formula is C22H19N3O3. The van der Waals surface area contributed by atoms with Gasteiger partial charge in [0.25, 0.3) is 0 Å². The van der Waals surface area contributed by atoms with E-state index in [9.17, 15) is 9.90 Å². The predicted molar refractivity (Wildman–Crippen MR) is 107 cm³/mol. The van der Waals surface area contributed by atoms with Gasteiger partial charge in [0.1, 0.15) is 5.75 Å². The minimum absolute atomic E-state index is 0.236. The molecule has 2 heterocycles. The number of fused-ring (bicyclic) bond motifs is 1. The molecule has 0 unspecified atom stereocenters. The first-order chi connectivity index (χ1) is 13.5. The van der Waals surface area contributed by atoms with Gasteiger partial charge in [0.15, 0.2) is 0 Å². The SMILES string of the molecule is COc1ccc(-n2ncc(-c3cc(C(=O)O)c4cc(C)ccc4n3)c2C)cc1. The molecule has 0 saturated carbocycles. The standard InChI is InChI=1S/C22H19N3O3/c1-13-4-9-20-17(10-13)18(22(26)27)11-21(24-20)19-12-23-25(14(19)2)15-5-7-16(28-3)8-6-15/h4-12H,1-3H3,(H,26,27). The zero-order valence-electron chi connectivity index (χ0n) is 15.8. The molecule has 4 aromatic rings. The van der Waals surface area contributed by atoms with E-state index < -0.39 is 5.97 Å². The Kier molecular flexibility index (Phi) is 4.31. The summed E-state index contributed by atoms with van der Waals surface area (Å²) in [5, 5.41) is 14.8. The lowest BCUT2D eigenvalue weighted by Gasteiger charge is -2.09. The molecule has 0 aliphatic rings. The fourth-order valence-corrected chi connectivity index (χ4v) is 3.30. The van der Waals surface area contributed by atoms with E-state index in [-0.39, 0.29) is 5.56 Å². The van der Waals surface area contributed by atoms with Crippen LogP contribution in [0.4, 0.5) is 0 Å². The predicted octanol–water partition coefficient (Wildman–Crippen LogP) is 4.41. The molecule has 0 aliphatic heterocycles. The van der Waals surface area contributed by atoms with E-state index in [2.05, 4.69) is 10.1 Å². The Hall–Kier alpha value is -3.67. The maximum atomic E-state index is 11.8. The topological polar surface area (TPSA) is 77.2 Å². The number of aryl methyl sites for hydroxylation is 1. The fourth-order valence-electron chi connectivity index (χ4n) is 3.30. The second kappa shape index (κ2) is 6.81. The summed E-state index contributed by atoms with van der Waals surface area (Å²) in [5.41, 5.74) is 5.03. The van der Waals surface area contributed by atoms with E-state index in [1.165, 1.54) is 0 Å². The second-order valence-corrected chi connectivity index (χ2v) is 6.63. The number of carboxylic acids is 1. The molecule has 6 heteroatoms. The Morgan fingerprint density at radius 3 is 2.50 bits per heavy atom. The summed E-state index contributed by atoms with van der Waals surface area (Å²) < 4.78 is 7.00. The summed E-state index contributed by atoms with van der Waals surface area (Å²) in [6.45, 7) is 3.87. The third-order valence-corrected chi connectivity index (χ3v) is 4.80. The minimum atomic E-state index is -0.973. The van der Waals surface area contributed by atoms with Crippen molar-refractivity contribution in [3.8, 4) is 22.7 Å². The number of carbonyl (C=O) groups is 1. The van der Waals surface area contributed by atoms with Gasteiger partial charge in [-0.15, -0.1) is 0 Å². The van der Waals surface area contributed by atoms with Crippen molar-refractivity contribution in [2.24, 2.45) is 0 Å². The zero-order chi connectivity index (χ0) is 19.8. The van der Waals surface area contributed by atoms with Gasteiger partial charge in [-0.3, -0.25) is 0 Å². The highest BCUT2D eigenvalue weighted by Crippen LogP contribution is 2.29. The number of hydrogen-bond acceptors (Lipinski definition) is 4. The molecule has 0 atom stereocenters. The van der Waals surface area contributed by atoms with Crippen molar-refractivity contribution in [1.82, 2.24) is 14.8 Å². The van der Waals surface area contributed by atoms with Gasteiger partial charge in [-0.1, -0.05) is 11.6 Å². The molecule has 0 spiro atoms. The van der Waals surface area contributed by atoms with E-state index in [4.69, 9.17) is 4.74 Å². The smallest absolute Gasteiger partial charge is 0.336 e. The molecule has 0 bridgehead atoms. The maximum absolute atomic E-state index is 11.8. The van der Waals surface area contributed by atoms with Gasteiger partial charge in [0.05, 0.1) is 41.5 Å². The third-order valence-electron chi connectivity index (χ3n) is 4.80. The molecule has 1 N–H and O–H groups in total. The number of methoxy groups -OCH3 is 1. The van der Waals surface area contributed by atoms with Gasteiger partial charge < -0.3 is 9.84 Å². The van der Waals surface area contributed by atoms with Crippen LogP contribution in [0, 0.1) is 13.8 Å². The van der Waals surface area contributed by atoms with Gasteiger partial charge >= 0.3 is 5.97 Å². The average Bonchev–Trinajstić information content (AvgIpc) is 3.08. The highest BCUT2D eigenvalue weighted by molar-refractivity contribution is 6.04. The number of aromatic carboxylic acids is 1. The van der Waals surface area contributed by atoms with Crippen LogP contribution >= 0.6 is 0 Å². The molecule has 2 aromatic carbocycles. The summed E-state index contributed by atoms with van der Waals surface area (Å²) in [6.07, 6.45) is 1.72. The Bertz CT molecular complexity index is 1190. The van der Waals surface area contributed by atoms with Crippen LogP contribution in [0.15, 0.2) is 54.7 Å². The molecule has 140 valence electrons. The molecule has 0 fully saturated rings. The maximum Gasteiger partial charge on any atom is 0.336 e. The van der Waals surface area contributed by atoms with Crippen LogP contribution in [0.5, 0.6) is 5.75 Å². The van der Waals surface area contributed by atoms with Crippen LogP contribution in [0.2, 0.25) is 0 Å². The van der Waals surface area contributed by atoms with Crippen molar-refractivity contribution in [1.29, 1.82) is 0 Å². The molecule has 0 radical (unpaired) electrons. The first-order valence-electron chi connectivity index (χ1n) is 8.82. The Morgan fingerprint density at radius 2 is 1.82 bits per heavy atom. The van der Waals surface area contributed by atoms with Gasteiger partial charge in [0.2, 0.25) is 0 Å². The van der Waals surface area contributed by atoms with Crippen LogP contribution < -0.4 is 4.74 Å². The first kappa shape index (κ1) is 17.7. The van der Waals surface area contributed by atoms with E-state index >= 15 is 0 Å². The van der Waals surface area contributed by atoms with E-state index in [0.29, 0.717) is 16.6 Å². The normalized spacial score (nSPS) is 11.0. The third kappa shape index (κ3) is 2.99. The number of carboxylic acid groups (broad SMARTS) is 1. The van der Waals surface area contributed by atoms with Crippen LogP contribution in [-0.2, 0) is 0 Å². The van der Waals surface area contributed by atoms with Gasteiger partial charge in [-0.25, -0.2) is 14.5 Å². The number of rotatable bonds is 4. The van der Waals surface area contributed by atoms with Crippen LogP contribution in [0.25, 0.3) is 27.8 Å². The van der Waals surface area contributed by atoms with Crippen molar-refractivity contribution < 1.29 is 14.6 Å². The molecule has 28 heavy (non-hydrogen) atoms. The minimum Gasteiger partial charge on any atom is -0.497 e.